The van der Waals surface area contributed by atoms with Crippen molar-refractivity contribution >= 4 is 17.5 Å². The molecule has 6 heteroatoms. The number of hydrazine groups is 1. The van der Waals surface area contributed by atoms with Crippen LogP contribution in [-0.2, 0) is 9.59 Å². The monoisotopic (exact) mass is 363 g/mol. The molecule has 2 aromatic rings. The van der Waals surface area contributed by atoms with Gasteiger partial charge in [-0.3, -0.25) is 9.59 Å². The zero-order chi connectivity index (χ0) is 18.5. The van der Waals surface area contributed by atoms with Crippen molar-refractivity contribution in [2.24, 2.45) is 5.92 Å². The fourth-order valence-corrected chi connectivity index (χ4v) is 4.75. The molecule has 2 aromatic carbocycles. The van der Waals surface area contributed by atoms with Crippen LogP contribution in [0.4, 0.5) is 5.69 Å². The SMILES string of the molecule is COc1ccc(N2C(=O)[C@@H]3[C@@H](C2=O)N2CCCN2[C@@H]3c2ccccc2)cc1. The number of methoxy groups -OCH3 is 1. The molecule has 0 bridgehead atoms. The van der Waals surface area contributed by atoms with Crippen LogP contribution in [0.5, 0.6) is 5.75 Å². The normalized spacial score (nSPS) is 27.9. The van der Waals surface area contributed by atoms with Crippen molar-refractivity contribution in [3.63, 3.8) is 0 Å². The number of anilines is 1. The Hall–Kier alpha value is -2.70. The molecule has 3 aliphatic rings. The Bertz CT molecular complexity index is 883. The van der Waals surface area contributed by atoms with E-state index in [1.807, 2.05) is 18.2 Å². The molecule has 0 spiro atoms. The van der Waals surface area contributed by atoms with Crippen LogP contribution in [0.3, 0.4) is 0 Å². The second-order valence-electron chi connectivity index (χ2n) is 7.22. The maximum Gasteiger partial charge on any atom is 0.253 e. The molecule has 3 aliphatic heterocycles. The standard InChI is InChI=1S/C21H21N3O3/c1-27-16-10-8-15(9-11-16)24-20(25)17-18(14-6-3-2-4-7-14)22-12-5-13-23(22)19(17)21(24)26/h2-4,6-11,17-19H,5,12-13H2,1H3/t17-,18+,19-/m0/s1. The topological polar surface area (TPSA) is 53.1 Å². The first-order valence-corrected chi connectivity index (χ1v) is 9.31. The van der Waals surface area contributed by atoms with Crippen LogP contribution >= 0.6 is 0 Å². The van der Waals surface area contributed by atoms with Crippen LogP contribution in [0.25, 0.3) is 0 Å². The van der Waals surface area contributed by atoms with Crippen molar-refractivity contribution in [3.8, 4) is 5.75 Å². The number of ether oxygens (including phenoxy) is 1. The van der Waals surface area contributed by atoms with E-state index < -0.39 is 6.04 Å². The van der Waals surface area contributed by atoms with Gasteiger partial charge in [-0.1, -0.05) is 30.3 Å². The van der Waals surface area contributed by atoms with Gasteiger partial charge in [0.2, 0.25) is 5.91 Å². The summed E-state index contributed by atoms with van der Waals surface area (Å²) < 4.78 is 5.19. The molecule has 3 atom stereocenters. The van der Waals surface area contributed by atoms with Crippen molar-refractivity contribution in [1.82, 2.24) is 10.0 Å². The maximum absolute atomic E-state index is 13.4. The molecule has 5 rings (SSSR count). The fourth-order valence-electron chi connectivity index (χ4n) is 4.75. The quantitative estimate of drug-likeness (QED) is 0.783. The lowest BCUT2D eigenvalue weighted by atomic mass is 9.90. The van der Waals surface area contributed by atoms with Crippen LogP contribution < -0.4 is 9.64 Å². The van der Waals surface area contributed by atoms with Gasteiger partial charge in [0.1, 0.15) is 11.8 Å². The molecule has 27 heavy (non-hydrogen) atoms. The predicted molar refractivity (Wildman–Crippen MR) is 100.0 cm³/mol. The summed E-state index contributed by atoms with van der Waals surface area (Å²) in [6.45, 7) is 1.70. The first kappa shape index (κ1) is 16.5. The Morgan fingerprint density at radius 2 is 1.52 bits per heavy atom. The van der Waals surface area contributed by atoms with Gasteiger partial charge in [0, 0.05) is 13.1 Å². The number of nitrogens with zero attached hydrogens (tertiary/aromatic N) is 3. The third-order valence-corrected chi connectivity index (χ3v) is 5.88. The molecule has 6 nitrogen and oxygen atoms in total. The maximum atomic E-state index is 13.4. The van der Waals surface area contributed by atoms with Crippen molar-refractivity contribution < 1.29 is 14.3 Å². The third kappa shape index (κ3) is 2.33. The van der Waals surface area contributed by atoms with E-state index in [0.29, 0.717) is 11.4 Å². The van der Waals surface area contributed by atoms with E-state index in [1.165, 1.54) is 4.90 Å². The molecular weight excluding hydrogens is 342 g/mol. The summed E-state index contributed by atoms with van der Waals surface area (Å²) in [6.07, 6.45) is 1.01. The summed E-state index contributed by atoms with van der Waals surface area (Å²) in [7, 11) is 1.60. The highest BCUT2D eigenvalue weighted by Crippen LogP contribution is 2.48. The van der Waals surface area contributed by atoms with Gasteiger partial charge in [-0.2, -0.15) is 0 Å². The summed E-state index contributed by atoms with van der Waals surface area (Å²) in [4.78, 5) is 28.0. The highest BCUT2D eigenvalue weighted by atomic mass is 16.5. The molecule has 0 N–H and O–H groups in total. The van der Waals surface area contributed by atoms with E-state index >= 15 is 0 Å². The molecule has 3 saturated heterocycles. The zero-order valence-corrected chi connectivity index (χ0v) is 15.1. The second-order valence-corrected chi connectivity index (χ2v) is 7.22. The van der Waals surface area contributed by atoms with E-state index in [-0.39, 0.29) is 23.8 Å². The predicted octanol–water partition coefficient (Wildman–Crippen LogP) is 2.23. The highest BCUT2D eigenvalue weighted by Gasteiger charge is 2.62. The third-order valence-electron chi connectivity index (χ3n) is 5.88. The minimum atomic E-state index is -0.410. The summed E-state index contributed by atoms with van der Waals surface area (Å²) in [5.74, 6) is 0.0899. The average molecular weight is 363 g/mol. The number of imide groups is 1. The molecule has 0 aromatic heterocycles. The number of hydrogen-bond acceptors (Lipinski definition) is 5. The molecule has 0 aliphatic carbocycles. The van der Waals surface area contributed by atoms with Gasteiger partial charge in [0.05, 0.1) is 24.8 Å². The number of benzene rings is 2. The van der Waals surface area contributed by atoms with Crippen molar-refractivity contribution in [3.05, 3.63) is 60.2 Å². The molecule has 0 radical (unpaired) electrons. The lowest BCUT2D eigenvalue weighted by Crippen LogP contribution is -2.44. The van der Waals surface area contributed by atoms with Gasteiger partial charge in [-0.15, -0.1) is 0 Å². The Kier molecular flexibility index (Phi) is 3.77. The first-order chi connectivity index (χ1) is 13.2. The minimum absolute atomic E-state index is 0.0848. The first-order valence-electron chi connectivity index (χ1n) is 9.31. The minimum Gasteiger partial charge on any atom is -0.497 e. The van der Waals surface area contributed by atoms with Gasteiger partial charge in [-0.05, 0) is 36.2 Å². The molecule has 0 saturated carbocycles. The van der Waals surface area contributed by atoms with Crippen LogP contribution in [-0.4, -0.2) is 48.1 Å². The Labute approximate surface area is 157 Å². The number of hydrogen-bond donors (Lipinski definition) is 0. The summed E-state index contributed by atoms with van der Waals surface area (Å²) in [6, 6.07) is 16.7. The van der Waals surface area contributed by atoms with Crippen molar-refractivity contribution in [2.75, 3.05) is 25.1 Å². The van der Waals surface area contributed by atoms with E-state index in [2.05, 4.69) is 22.2 Å². The van der Waals surface area contributed by atoms with Crippen molar-refractivity contribution in [1.29, 1.82) is 0 Å². The number of carbonyl (C=O) groups excluding carboxylic acids is 2. The molecule has 3 heterocycles. The van der Waals surface area contributed by atoms with Crippen LogP contribution in [0.15, 0.2) is 54.6 Å². The Morgan fingerprint density at radius 1 is 0.852 bits per heavy atom. The van der Waals surface area contributed by atoms with Crippen molar-refractivity contribution in [2.45, 2.75) is 18.5 Å². The number of amides is 2. The average Bonchev–Trinajstić information content (AvgIpc) is 3.35. The summed E-state index contributed by atoms with van der Waals surface area (Å²) >= 11 is 0. The van der Waals surface area contributed by atoms with Gasteiger partial charge < -0.3 is 4.74 Å². The molecule has 138 valence electrons. The van der Waals surface area contributed by atoms with E-state index in [1.54, 1.807) is 31.4 Å². The lowest BCUT2D eigenvalue weighted by Gasteiger charge is -2.29. The number of carbonyl (C=O) groups is 2. The highest BCUT2D eigenvalue weighted by molar-refractivity contribution is 6.24. The zero-order valence-electron chi connectivity index (χ0n) is 15.1. The largest absolute Gasteiger partial charge is 0.497 e. The van der Waals surface area contributed by atoms with Gasteiger partial charge in [-0.25, -0.2) is 14.9 Å². The van der Waals surface area contributed by atoms with Crippen LogP contribution in [0, 0.1) is 5.92 Å². The van der Waals surface area contributed by atoms with Crippen LogP contribution in [0.2, 0.25) is 0 Å². The Balaban J connectivity index is 1.55. The number of rotatable bonds is 3. The summed E-state index contributed by atoms with van der Waals surface area (Å²) in [5, 5.41) is 4.35. The molecule has 0 unspecified atom stereocenters. The second kappa shape index (κ2) is 6.18. The van der Waals surface area contributed by atoms with Gasteiger partial charge in [0.15, 0.2) is 0 Å². The molecular formula is C21H21N3O3. The lowest BCUT2D eigenvalue weighted by molar-refractivity contribution is -0.126. The molecule has 2 amide bonds. The van der Waals surface area contributed by atoms with E-state index in [0.717, 1.165) is 25.1 Å². The van der Waals surface area contributed by atoms with E-state index in [9.17, 15) is 9.59 Å². The molecule has 3 fully saturated rings. The van der Waals surface area contributed by atoms with Crippen LogP contribution in [0.1, 0.15) is 18.0 Å². The van der Waals surface area contributed by atoms with Gasteiger partial charge >= 0.3 is 0 Å². The summed E-state index contributed by atoms with van der Waals surface area (Å²) in [5.41, 5.74) is 1.70. The fraction of sp³-hybridized carbons (Fsp3) is 0.333. The van der Waals surface area contributed by atoms with Gasteiger partial charge in [0.25, 0.3) is 5.91 Å². The van der Waals surface area contributed by atoms with E-state index in [4.69, 9.17) is 4.74 Å². The number of fused-ring (bicyclic) bond motifs is 3. The smallest absolute Gasteiger partial charge is 0.253 e. The Morgan fingerprint density at radius 3 is 2.19 bits per heavy atom.